The molecule has 124 valence electrons. The van der Waals surface area contributed by atoms with Gasteiger partial charge in [-0.1, -0.05) is 19.1 Å². The van der Waals surface area contributed by atoms with E-state index >= 15 is 0 Å². The largest absolute Gasteiger partial charge is 0.491 e. The number of rotatable bonds is 5. The second-order valence-corrected chi connectivity index (χ2v) is 6.24. The Morgan fingerprint density at radius 2 is 2.12 bits per heavy atom. The van der Waals surface area contributed by atoms with Crippen molar-refractivity contribution in [2.24, 2.45) is 0 Å². The van der Waals surface area contributed by atoms with Gasteiger partial charge in [0.15, 0.2) is 0 Å². The number of anilines is 1. The predicted octanol–water partition coefficient (Wildman–Crippen LogP) is 4.43. The van der Waals surface area contributed by atoms with Crippen LogP contribution in [0.4, 0.5) is 5.69 Å². The van der Waals surface area contributed by atoms with Gasteiger partial charge in [0.05, 0.1) is 23.5 Å². The number of benzene rings is 2. The molecule has 1 N–H and O–H groups in total. The zero-order valence-corrected chi connectivity index (χ0v) is 14.7. The summed E-state index contributed by atoms with van der Waals surface area (Å²) in [5.74, 6) is 0.510. The van der Waals surface area contributed by atoms with Crippen LogP contribution in [0.1, 0.15) is 36.2 Å². The van der Waals surface area contributed by atoms with E-state index in [-0.39, 0.29) is 12.0 Å². The Hall–Kier alpha value is -2.47. The van der Waals surface area contributed by atoms with Crippen molar-refractivity contribution in [3.63, 3.8) is 0 Å². The summed E-state index contributed by atoms with van der Waals surface area (Å²) in [5.41, 5.74) is 3.72. The Labute approximate surface area is 145 Å². The molecule has 3 rings (SSSR count). The van der Waals surface area contributed by atoms with Crippen molar-refractivity contribution in [1.29, 1.82) is 0 Å². The molecule has 1 aromatic heterocycles. The maximum atomic E-state index is 12.6. The van der Waals surface area contributed by atoms with Crippen LogP contribution in [0.2, 0.25) is 0 Å². The number of aryl methyl sites for hydroxylation is 1. The van der Waals surface area contributed by atoms with E-state index in [0.717, 1.165) is 34.7 Å². The molecule has 1 heterocycles. The molecule has 0 radical (unpaired) electrons. The number of amides is 1. The second-order valence-electron chi connectivity index (χ2n) is 5.71. The van der Waals surface area contributed by atoms with Crippen molar-refractivity contribution in [3.05, 3.63) is 47.5 Å². The third-order valence-corrected chi connectivity index (χ3v) is 4.43. The monoisotopic (exact) mass is 341 g/mol. The molecule has 1 amide bonds. The van der Waals surface area contributed by atoms with E-state index in [1.807, 2.05) is 38.1 Å². The van der Waals surface area contributed by atoms with Crippen LogP contribution in [-0.4, -0.2) is 20.8 Å². The minimum absolute atomic E-state index is 0.111. The third-order valence-electron chi connectivity index (χ3n) is 3.88. The Balaban J connectivity index is 1.85. The molecule has 0 unspecified atom stereocenters. The summed E-state index contributed by atoms with van der Waals surface area (Å²) in [4.78, 5) is 12.6. The zero-order valence-electron chi connectivity index (χ0n) is 13.9. The van der Waals surface area contributed by atoms with Crippen molar-refractivity contribution in [3.8, 4) is 5.75 Å². The van der Waals surface area contributed by atoms with Gasteiger partial charge in [-0.05, 0) is 50.1 Å². The number of fused-ring (bicyclic) bond motifs is 1. The van der Waals surface area contributed by atoms with E-state index in [1.54, 1.807) is 12.1 Å². The molecule has 0 aliphatic carbocycles. The van der Waals surface area contributed by atoms with Crippen LogP contribution in [0.25, 0.3) is 11.0 Å². The lowest BCUT2D eigenvalue weighted by Crippen LogP contribution is -2.14. The van der Waals surface area contributed by atoms with Crippen LogP contribution < -0.4 is 10.1 Å². The van der Waals surface area contributed by atoms with Crippen molar-refractivity contribution >= 4 is 34.4 Å². The van der Waals surface area contributed by atoms with Crippen molar-refractivity contribution in [1.82, 2.24) is 8.75 Å². The maximum Gasteiger partial charge on any atom is 0.255 e. The number of aromatic nitrogens is 2. The standard InChI is InChI=1S/C18H19N3O2S/c1-4-12(3)23-14-7-5-6-13(10-14)18(22)19-16-11(2)8-9-15-17(16)21-24-20-15/h5-10,12H,4H2,1-3H3,(H,19,22)/t12-/m1/s1. The summed E-state index contributed by atoms with van der Waals surface area (Å²) in [6.45, 7) is 6.01. The molecular formula is C18H19N3O2S. The molecule has 0 saturated carbocycles. The number of carbonyl (C=O) groups excluding carboxylic acids is 1. The number of hydrogen-bond acceptors (Lipinski definition) is 5. The quantitative estimate of drug-likeness (QED) is 0.745. The van der Waals surface area contributed by atoms with E-state index < -0.39 is 0 Å². The molecule has 1 atom stereocenters. The van der Waals surface area contributed by atoms with Gasteiger partial charge in [0.2, 0.25) is 0 Å². The van der Waals surface area contributed by atoms with Gasteiger partial charge in [0, 0.05) is 5.56 Å². The number of ether oxygens (including phenoxy) is 1. The van der Waals surface area contributed by atoms with Gasteiger partial charge in [-0.15, -0.1) is 0 Å². The van der Waals surface area contributed by atoms with Gasteiger partial charge in [-0.2, -0.15) is 8.75 Å². The molecule has 0 aliphatic rings. The van der Waals surface area contributed by atoms with Crippen LogP contribution in [0, 0.1) is 6.92 Å². The van der Waals surface area contributed by atoms with Gasteiger partial charge in [-0.3, -0.25) is 4.79 Å². The van der Waals surface area contributed by atoms with Gasteiger partial charge >= 0.3 is 0 Å². The highest BCUT2D eigenvalue weighted by molar-refractivity contribution is 7.00. The summed E-state index contributed by atoms with van der Waals surface area (Å²) < 4.78 is 14.3. The van der Waals surface area contributed by atoms with Crippen LogP contribution in [0.15, 0.2) is 36.4 Å². The number of nitrogens with zero attached hydrogens (tertiary/aromatic N) is 2. The Morgan fingerprint density at radius 1 is 1.29 bits per heavy atom. The molecule has 0 bridgehead atoms. The van der Waals surface area contributed by atoms with E-state index in [0.29, 0.717) is 17.0 Å². The van der Waals surface area contributed by atoms with Crippen molar-refractivity contribution < 1.29 is 9.53 Å². The van der Waals surface area contributed by atoms with Gasteiger partial charge in [0.1, 0.15) is 16.8 Å². The molecule has 0 spiro atoms. The summed E-state index contributed by atoms with van der Waals surface area (Å²) in [5, 5.41) is 2.96. The highest BCUT2D eigenvalue weighted by atomic mass is 32.1. The summed E-state index contributed by atoms with van der Waals surface area (Å²) in [7, 11) is 0. The number of nitrogens with one attached hydrogen (secondary N) is 1. The van der Waals surface area contributed by atoms with Crippen molar-refractivity contribution in [2.75, 3.05) is 5.32 Å². The average molecular weight is 341 g/mol. The lowest BCUT2D eigenvalue weighted by molar-refractivity contribution is 0.102. The Bertz CT molecular complexity index is 876. The Morgan fingerprint density at radius 3 is 2.92 bits per heavy atom. The smallest absolute Gasteiger partial charge is 0.255 e. The first-order valence-corrected chi connectivity index (χ1v) is 8.61. The second kappa shape index (κ2) is 6.97. The highest BCUT2D eigenvalue weighted by Crippen LogP contribution is 2.26. The minimum atomic E-state index is -0.187. The third kappa shape index (κ3) is 3.38. The first-order valence-electron chi connectivity index (χ1n) is 7.88. The van der Waals surface area contributed by atoms with Crippen LogP contribution in [0.3, 0.4) is 0 Å². The van der Waals surface area contributed by atoms with Crippen molar-refractivity contribution in [2.45, 2.75) is 33.3 Å². The van der Waals surface area contributed by atoms with Crippen LogP contribution in [0.5, 0.6) is 5.75 Å². The maximum absolute atomic E-state index is 12.6. The molecular weight excluding hydrogens is 322 g/mol. The fourth-order valence-corrected chi connectivity index (χ4v) is 2.86. The van der Waals surface area contributed by atoms with E-state index in [2.05, 4.69) is 21.0 Å². The Kier molecular flexibility index (Phi) is 4.76. The topological polar surface area (TPSA) is 64.1 Å². The highest BCUT2D eigenvalue weighted by Gasteiger charge is 2.14. The summed E-state index contributed by atoms with van der Waals surface area (Å²) >= 11 is 1.14. The SMILES string of the molecule is CC[C@@H](C)Oc1cccc(C(=O)Nc2c(C)ccc3nsnc23)c1. The van der Waals surface area contributed by atoms with Gasteiger partial charge in [-0.25, -0.2) is 0 Å². The molecule has 5 nitrogen and oxygen atoms in total. The lowest BCUT2D eigenvalue weighted by Gasteiger charge is -2.14. The molecule has 0 fully saturated rings. The van der Waals surface area contributed by atoms with Gasteiger partial charge in [0.25, 0.3) is 5.91 Å². The first kappa shape index (κ1) is 16.4. The molecule has 2 aromatic carbocycles. The van der Waals surface area contributed by atoms with E-state index in [9.17, 15) is 4.79 Å². The normalized spacial score (nSPS) is 12.1. The molecule has 0 aliphatic heterocycles. The molecule has 0 saturated heterocycles. The predicted molar refractivity (Wildman–Crippen MR) is 96.9 cm³/mol. The fourth-order valence-electron chi connectivity index (χ4n) is 2.32. The molecule has 6 heteroatoms. The zero-order chi connectivity index (χ0) is 17.1. The summed E-state index contributed by atoms with van der Waals surface area (Å²) in [6, 6.07) is 11.1. The number of hydrogen-bond donors (Lipinski definition) is 1. The minimum Gasteiger partial charge on any atom is -0.491 e. The molecule has 3 aromatic rings. The van der Waals surface area contributed by atoms with E-state index in [4.69, 9.17) is 4.74 Å². The van der Waals surface area contributed by atoms with Crippen LogP contribution in [-0.2, 0) is 0 Å². The first-order chi connectivity index (χ1) is 11.6. The summed E-state index contributed by atoms with van der Waals surface area (Å²) in [6.07, 6.45) is 1.02. The van der Waals surface area contributed by atoms with E-state index in [1.165, 1.54) is 0 Å². The van der Waals surface area contributed by atoms with Crippen LogP contribution >= 0.6 is 11.7 Å². The molecule has 24 heavy (non-hydrogen) atoms. The lowest BCUT2D eigenvalue weighted by atomic mass is 10.1. The number of carbonyl (C=O) groups is 1. The fraction of sp³-hybridized carbons (Fsp3) is 0.278. The average Bonchev–Trinajstić information content (AvgIpc) is 3.06. The van der Waals surface area contributed by atoms with Gasteiger partial charge < -0.3 is 10.1 Å².